The summed E-state index contributed by atoms with van der Waals surface area (Å²) in [5.41, 5.74) is 2.89. The average molecular weight is 524 g/mol. The number of aryl methyl sites for hydroxylation is 1. The number of likely N-dealkylation sites (tertiary alicyclic amines) is 1. The maximum Gasteiger partial charge on any atom is 0.204 e. The van der Waals surface area contributed by atoms with Crippen LogP contribution in [0.2, 0.25) is 0 Å². The Morgan fingerprint density at radius 2 is 2.00 bits per heavy atom. The number of rotatable bonds is 7. The maximum absolute atomic E-state index is 12.1. The van der Waals surface area contributed by atoms with Crippen LogP contribution in [0.15, 0.2) is 58.6 Å². The highest BCUT2D eigenvalue weighted by Crippen LogP contribution is 2.30. The Hall–Kier alpha value is -2.71. The summed E-state index contributed by atoms with van der Waals surface area (Å²) in [4.78, 5) is 26.9. The first kappa shape index (κ1) is 23.1. The van der Waals surface area contributed by atoms with Crippen LogP contribution in [0.4, 0.5) is 0 Å². The zero-order valence-electron chi connectivity index (χ0n) is 19.7. The lowest BCUT2D eigenvalue weighted by Crippen LogP contribution is -2.44. The number of carbonyl (C=O) groups is 1. The number of piperidine rings is 1. The van der Waals surface area contributed by atoms with E-state index in [1.807, 2.05) is 42.7 Å². The van der Waals surface area contributed by atoms with Crippen molar-refractivity contribution in [3.63, 3.8) is 0 Å². The first-order valence-electron chi connectivity index (χ1n) is 11.9. The second kappa shape index (κ2) is 9.88. The Morgan fingerprint density at radius 1 is 1.18 bits per heavy atom. The summed E-state index contributed by atoms with van der Waals surface area (Å²) in [6.45, 7) is 5.71. The molecule has 0 spiro atoms. The summed E-state index contributed by atoms with van der Waals surface area (Å²) in [6, 6.07) is 10.0. The zero-order chi connectivity index (χ0) is 23.7. The van der Waals surface area contributed by atoms with Gasteiger partial charge in [0, 0.05) is 59.1 Å². The monoisotopic (exact) mass is 523 g/mol. The van der Waals surface area contributed by atoms with Crippen LogP contribution >= 0.6 is 15.9 Å². The summed E-state index contributed by atoms with van der Waals surface area (Å²) in [5, 5.41) is 5.37. The number of nitrogens with zero attached hydrogens (tertiary/aromatic N) is 5. The molecule has 0 aliphatic carbocycles. The first-order chi connectivity index (χ1) is 16.5. The third-order valence-electron chi connectivity index (χ3n) is 7.02. The standard InChI is InChI=1S/C26H30BrN5O2/c1-18(33)22-17-32(24-21(22)7-3-8-23(24)27)13-5-12-31-14-9-19(10-15-31)26-30(2)25(29-34-26)20-6-4-11-28-16-20/h3-4,6-8,11,16-17,19,26H,5,9-10,12-15H2,1-2H3. The lowest BCUT2D eigenvalue weighted by Gasteiger charge is -2.36. The molecular formula is C26H30BrN5O2. The van der Waals surface area contributed by atoms with Gasteiger partial charge in [-0.1, -0.05) is 17.3 Å². The van der Waals surface area contributed by atoms with E-state index in [1.54, 1.807) is 13.1 Å². The van der Waals surface area contributed by atoms with Crippen LogP contribution in [0.3, 0.4) is 0 Å². The molecule has 1 unspecified atom stereocenters. The number of carbonyl (C=O) groups excluding carboxylic acids is 1. The number of pyridine rings is 1. The SMILES string of the molecule is CC(=O)c1cn(CCCN2CCC(C3ON=C(c4cccnc4)N3C)CC2)c2c(Br)cccc12. The van der Waals surface area contributed by atoms with Crippen molar-refractivity contribution in [2.75, 3.05) is 26.7 Å². The number of amidine groups is 1. The molecule has 7 nitrogen and oxygen atoms in total. The first-order valence-corrected chi connectivity index (χ1v) is 12.7. The molecule has 1 aromatic carbocycles. The van der Waals surface area contributed by atoms with Crippen LogP contribution in [-0.4, -0.2) is 63.9 Å². The molecule has 2 aliphatic heterocycles. The molecule has 1 saturated heterocycles. The van der Waals surface area contributed by atoms with E-state index in [1.165, 1.54) is 0 Å². The minimum absolute atomic E-state index is 0.00838. The molecule has 1 fully saturated rings. The summed E-state index contributed by atoms with van der Waals surface area (Å²) >= 11 is 3.67. The van der Waals surface area contributed by atoms with Crippen molar-refractivity contribution in [2.45, 2.75) is 39.0 Å². The van der Waals surface area contributed by atoms with E-state index in [-0.39, 0.29) is 12.0 Å². The number of benzene rings is 1. The fourth-order valence-corrected chi connectivity index (χ4v) is 5.80. The molecule has 8 heteroatoms. The third-order valence-corrected chi connectivity index (χ3v) is 7.66. The van der Waals surface area contributed by atoms with E-state index in [9.17, 15) is 4.79 Å². The predicted molar refractivity (Wildman–Crippen MR) is 137 cm³/mol. The van der Waals surface area contributed by atoms with Gasteiger partial charge in [-0.25, -0.2) is 0 Å². The molecule has 3 aromatic rings. The van der Waals surface area contributed by atoms with Crippen LogP contribution in [-0.2, 0) is 11.4 Å². The Balaban J connectivity index is 1.14. The Bertz CT molecular complexity index is 1200. The molecular weight excluding hydrogens is 494 g/mol. The van der Waals surface area contributed by atoms with Crippen LogP contribution < -0.4 is 0 Å². The molecule has 0 saturated carbocycles. The number of hydrogen-bond donors (Lipinski definition) is 0. The molecule has 34 heavy (non-hydrogen) atoms. The minimum atomic E-state index is -0.00838. The molecule has 0 amide bonds. The van der Waals surface area contributed by atoms with E-state index in [0.717, 1.165) is 77.8 Å². The average Bonchev–Trinajstić information content (AvgIpc) is 3.42. The van der Waals surface area contributed by atoms with Gasteiger partial charge in [-0.05, 0) is 79.9 Å². The molecule has 2 aliphatic rings. The van der Waals surface area contributed by atoms with E-state index in [2.05, 4.69) is 47.5 Å². The smallest absolute Gasteiger partial charge is 0.204 e. The van der Waals surface area contributed by atoms with E-state index in [4.69, 9.17) is 4.84 Å². The predicted octanol–water partition coefficient (Wildman–Crippen LogP) is 4.75. The van der Waals surface area contributed by atoms with Gasteiger partial charge >= 0.3 is 0 Å². The van der Waals surface area contributed by atoms with Crippen molar-refractivity contribution in [1.29, 1.82) is 0 Å². The normalized spacial score (nSPS) is 19.4. The van der Waals surface area contributed by atoms with Crippen LogP contribution in [0, 0.1) is 5.92 Å². The molecule has 1 atom stereocenters. The van der Waals surface area contributed by atoms with Crippen molar-refractivity contribution in [2.24, 2.45) is 11.1 Å². The topological polar surface area (TPSA) is 63.0 Å². The Kier molecular flexibility index (Phi) is 6.70. The van der Waals surface area contributed by atoms with Gasteiger partial charge in [-0.2, -0.15) is 0 Å². The Labute approximate surface area is 208 Å². The maximum atomic E-state index is 12.1. The number of fused-ring (bicyclic) bond motifs is 1. The second-order valence-electron chi connectivity index (χ2n) is 9.22. The van der Waals surface area contributed by atoms with Crippen LogP contribution in [0.25, 0.3) is 10.9 Å². The quantitative estimate of drug-likeness (QED) is 0.418. The summed E-state index contributed by atoms with van der Waals surface area (Å²) in [6.07, 6.45) is 8.83. The van der Waals surface area contributed by atoms with Gasteiger partial charge in [-0.15, -0.1) is 0 Å². The summed E-state index contributed by atoms with van der Waals surface area (Å²) in [5.74, 6) is 1.43. The minimum Gasteiger partial charge on any atom is -0.368 e. The number of ketones is 1. The molecule has 2 aromatic heterocycles. The summed E-state index contributed by atoms with van der Waals surface area (Å²) in [7, 11) is 2.06. The third kappa shape index (κ3) is 4.49. The molecule has 0 bridgehead atoms. The Morgan fingerprint density at radius 3 is 2.74 bits per heavy atom. The molecule has 4 heterocycles. The number of Topliss-reactive ketones (excluding diaryl/α,β-unsaturated/α-hetero) is 1. The van der Waals surface area contributed by atoms with Crippen molar-refractivity contribution >= 4 is 38.5 Å². The number of oxime groups is 1. The van der Waals surface area contributed by atoms with Crippen molar-refractivity contribution < 1.29 is 9.63 Å². The molecule has 0 radical (unpaired) electrons. The van der Waals surface area contributed by atoms with Crippen LogP contribution in [0.5, 0.6) is 0 Å². The fraction of sp³-hybridized carbons (Fsp3) is 0.423. The van der Waals surface area contributed by atoms with E-state index < -0.39 is 0 Å². The summed E-state index contributed by atoms with van der Waals surface area (Å²) < 4.78 is 3.26. The highest BCUT2D eigenvalue weighted by Gasteiger charge is 2.36. The van der Waals surface area contributed by atoms with Gasteiger partial charge < -0.3 is 19.2 Å². The lowest BCUT2D eigenvalue weighted by molar-refractivity contribution is -0.0426. The van der Waals surface area contributed by atoms with Gasteiger partial charge in [0.25, 0.3) is 0 Å². The van der Waals surface area contributed by atoms with Crippen LogP contribution in [0.1, 0.15) is 42.1 Å². The van der Waals surface area contributed by atoms with Gasteiger partial charge in [-0.3, -0.25) is 9.78 Å². The van der Waals surface area contributed by atoms with Gasteiger partial charge in [0.2, 0.25) is 6.23 Å². The van der Waals surface area contributed by atoms with Gasteiger partial charge in [0.05, 0.1) is 5.52 Å². The lowest BCUT2D eigenvalue weighted by atomic mass is 9.94. The number of aromatic nitrogens is 2. The van der Waals surface area contributed by atoms with Crippen molar-refractivity contribution in [3.05, 3.63) is 64.5 Å². The van der Waals surface area contributed by atoms with Crippen molar-refractivity contribution in [3.8, 4) is 0 Å². The van der Waals surface area contributed by atoms with Gasteiger partial charge in [0.15, 0.2) is 11.6 Å². The van der Waals surface area contributed by atoms with Crippen molar-refractivity contribution in [1.82, 2.24) is 19.4 Å². The fourth-order valence-electron chi connectivity index (χ4n) is 5.21. The molecule has 0 N–H and O–H groups in total. The number of hydrogen-bond acceptors (Lipinski definition) is 6. The largest absolute Gasteiger partial charge is 0.368 e. The molecule has 5 rings (SSSR count). The number of halogens is 1. The van der Waals surface area contributed by atoms with E-state index in [0.29, 0.717) is 5.92 Å². The van der Waals surface area contributed by atoms with E-state index >= 15 is 0 Å². The zero-order valence-corrected chi connectivity index (χ0v) is 21.2. The second-order valence-corrected chi connectivity index (χ2v) is 10.1. The molecule has 178 valence electrons. The van der Waals surface area contributed by atoms with Gasteiger partial charge in [0.1, 0.15) is 0 Å². The highest BCUT2D eigenvalue weighted by molar-refractivity contribution is 9.10. The highest BCUT2D eigenvalue weighted by atomic mass is 79.9. The number of para-hydroxylation sites is 1.